The summed E-state index contributed by atoms with van der Waals surface area (Å²) in [7, 11) is 4.17. The van der Waals surface area contributed by atoms with E-state index in [0.717, 1.165) is 24.8 Å². The number of tetrazole rings is 1. The molecule has 2 fully saturated rings. The summed E-state index contributed by atoms with van der Waals surface area (Å²) in [5.41, 5.74) is 2.52. The van der Waals surface area contributed by atoms with Gasteiger partial charge in [-0.1, -0.05) is 38.3 Å². The van der Waals surface area contributed by atoms with Gasteiger partial charge in [0, 0.05) is 19.8 Å². The van der Waals surface area contributed by atoms with E-state index in [2.05, 4.69) is 75.3 Å². The van der Waals surface area contributed by atoms with Gasteiger partial charge in [-0.15, -0.1) is 5.10 Å². The summed E-state index contributed by atoms with van der Waals surface area (Å²) in [5.74, 6) is 1.83. The van der Waals surface area contributed by atoms with Crippen LogP contribution in [0.2, 0.25) is 0 Å². The molecule has 6 heteroatoms. The number of likely N-dealkylation sites (tertiary alicyclic amines) is 1. The molecule has 152 valence electrons. The lowest BCUT2D eigenvalue weighted by Gasteiger charge is -2.37. The van der Waals surface area contributed by atoms with Crippen LogP contribution in [0.1, 0.15) is 75.3 Å². The van der Waals surface area contributed by atoms with Gasteiger partial charge in [0.15, 0.2) is 5.82 Å². The van der Waals surface area contributed by atoms with Crippen LogP contribution in [0.3, 0.4) is 0 Å². The number of piperidine rings is 1. The molecule has 1 saturated heterocycles. The van der Waals surface area contributed by atoms with E-state index in [9.17, 15) is 0 Å². The molecular formula is C22H34N6. The number of rotatable bonds is 5. The van der Waals surface area contributed by atoms with Crippen molar-refractivity contribution in [2.75, 3.05) is 32.1 Å². The van der Waals surface area contributed by atoms with Crippen molar-refractivity contribution in [2.24, 2.45) is 5.92 Å². The Balaban J connectivity index is 1.68. The third-order valence-corrected chi connectivity index (χ3v) is 6.59. The highest BCUT2D eigenvalue weighted by atomic mass is 15.6. The van der Waals surface area contributed by atoms with Crippen molar-refractivity contribution in [3.05, 3.63) is 35.7 Å². The standard InChI is InChI=1S/C22H34N6/c1-17-13-15-27(16-14-17)21(18-9-11-19(12-10-18)26(2)3)22-23-24-25-28(22)20-7-5-4-6-8-20/h9-12,17,20-21H,4-8,13-16H2,1-3H3. The molecule has 1 saturated carbocycles. The van der Waals surface area contributed by atoms with Gasteiger partial charge in [-0.3, -0.25) is 4.90 Å². The fraction of sp³-hybridized carbons (Fsp3) is 0.682. The van der Waals surface area contributed by atoms with Gasteiger partial charge in [-0.05, 0) is 72.8 Å². The molecule has 6 nitrogen and oxygen atoms in total. The highest BCUT2D eigenvalue weighted by molar-refractivity contribution is 5.47. The Morgan fingerprint density at radius 1 is 0.964 bits per heavy atom. The molecular weight excluding hydrogens is 348 g/mol. The molecule has 1 unspecified atom stereocenters. The van der Waals surface area contributed by atoms with Gasteiger partial charge < -0.3 is 4.90 Å². The highest BCUT2D eigenvalue weighted by Gasteiger charge is 2.32. The van der Waals surface area contributed by atoms with Crippen LogP contribution in [0.5, 0.6) is 0 Å². The van der Waals surface area contributed by atoms with Crippen molar-refractivity contribution in [1.82, 2.24) is 25.1 Å². The van der Waals surface area contributed by atoms with Crippen LogP contribution >= 0.6 is 0 Å². The van der Waals surface area contributed by atoms with E-state index in [-0.39, 0.29) is 6.04 Å². The molecule has 1 atom stereocenters. The van der Waals surface area contributed by atoms with E-state index >= 15 is 0 Å². The maximum Gasteiger partial charge on any atom is 0.173 e. The molecule has 1 aromatic heterocycles. The summed E-state index contributed by atoms with van der Waals surface area (Å²) in [6.07, 6.45) is 8.80. The lowest BCUT2D eigenvalue weighted by Crippen LogP contribution is -2.38. The SMILES string of the molecule is CC1CCN(C(c2ccc(N(C)C)cc2)c2nnnn2C2CCCCC2)CC1. The molecule has 0 N–H and O–H groups in total. The van der Waals surface area contributed by atoms with Crippen LogP contribution in [0.25, 0.3) is 0 Å². The van der Waals surface area contributed by atoms with Gasteiger partial charge in [-0.2, -0.15) is 0 Å². The van der Waals surface area contributed by atoms with Crippen LogP contribution in [0.15, 0.2) is 24.3 Å². The second-order valence-corrected chi connectivity index (χ2v) is 8.88. The third-order valence-electron chi connectivity index (χ3n) is 6.59. The molecule has 1 aliphatic heterocycles. The number of nitrogens with zero attached hydrogens (tertiary/aromatic N) is 6. The van der Waals surface area contributed by atoms with Gasteiger partial charge in [0.05, 0.1) is 12.1 Å². The number of aromatic nitrogens is 4. The molecule has 4 rings (SSSR count). The van der Waals surface area contributed by atoms with Crippen molar-refractivity contribution >= 4 is 5.69 Å². The van der Waals surface area contributed by atoms with E-state index in [1.54, 1.807) is 0 Å². The first kappa shape index (κ1) is 19.4. The fourth-order valence-electron chi connectivity index (χ4n) is 4.73. The number of anilines is 1. The maximum absolute atomic E-state index is 4.57. The molecule has 0 radical (unpaired) electrons. The zero-order valence-corrected chi connectivity index (χ0v) is 17.6. The molecule has 0 amide bonds. The first-order valence-electron chi connectivity index (χ1n) is 10.9. The predicted octanol–water partition coefficient (Wildman–Crippen LogP) is 4.07. The van der Waals surface area contributed by atoms with E-state index in [4.69, 9.17) is 0 Å². The average molecular weight is 383 g/mol. The van der Waals surface area contributed by atoms with Crippen LogP contribution in [-0.2, 0) is 0 Å². The maximum atomic E-state index is 4.57. The van der Waals surface area contributed by atoms with Gasteiger partial charge in [0.25, 0.3) is 0 Å². The fourth-order valence-corrected chi connectivity index (χ4v) is 4.73. The van der Waals surface area contributed by atoms with Crippen molar-refractivity contribution < 1.29 is 0 Å². The summed E-state index contributed by atoms with van der Waals surface area (Å²) >= 11 is 0. The summed E-state index contributed by atoms with van der Waals surface area (Å²) in [6.45, 7) is 4.59. The molecule has 2 heterocycles. The van der Waals surface area contributed by atoms with Crippen LogP contribution in [0, 0.1) is 5.92 Å². The number of hydrogen-bond donors (Lipinski definition) is 0. The van der Waals surface area contributed by atoms with E-state index in [1.807, 2.05) is 0 Å². The van der Waals surface area contributed by atoms with Crippen molar-refractivity contribution in [3.63, 3.8) is 0 Å². The Labute approximate surface area is 168 Å². The van der Waals surface area contributed by atoms with E-state index in [0.29, 0.717) is 6.04 Å². The van der Waals surface area contributed by atoms with Gasteiger partial charge in [0.2, 0.25) is 0 Å². The molecule has 2 aromatic rings. The average Bonchev–Trinajstić information content (AvgIpc) is 3.20. The molecule has 0 spiro atoms. The van der Waals surface area contributed by atoms with Crippen LogP contribution in [0.4, 0.5) is 5.69 Å². The summed E-state index contributed by atoms with van der Waals surface area (Å²) in [6, 6.07) is 9.54. The highest BCUT2D eigenvalue weighted by Crippen LogP contribution is 2.35. The Kier molecular flexibility index (Phi) is 5.95. The quantitative estimate of drug-likeness (QED) is 0.780. The first-order valence-corrected chi connectivity index (χ1v) is 10.9. The third kappa shape index (κ3) is 4.07. The Hall–Kier alpha value is -1.95. The number of benzene rings is 1. The minimum atomic E-state index is 0.139. The molecule has 0 bridgehead atoms. The molecule has 1 aliphatic carbocycles. The molecule has 28 heavy (non-hydrogen) atoms. The smallest absolute Gasteiger partial charge is 0.173 e. The number of hydrogen-bond acceptors (Lipinski definition) is 5. The Morgan fingerprint density at radius 2 is 1.64 bits per heavy atom. The van der Waals surface area contributed by atoms with Gasteiger partial charge >= 0.3 is 0 Å². The Bertz CT molecular complexity index is 739. The Morgan fingerprint density at radius 3 is 2.29 bits per heavy atom. The predicted molar refractivity (Wildman–Crippen MR) is 113 cm³/mol. The van der Waals surface area contributed by atoms with Crippen LogP contribution in [-0.4, -0.2) is 52.3 Å². The minimum absolute atomic E-state index is 0.139. The second kappa shape index (κ2) is 8.60. The summed E-state index contributed by atoms with van der Waals surface area (Å²) in [4.78, 5) is 4.74. The normalized spacial score (nSPS) is 21.0. The van der Waals surface area contributed by atoms with Gasteiger partial charge in [0.1, 0.15) is 0 Å². The van der Waals surface area contributed by atoms with Gasteiger partial charge in [-0.25, -0.2) is 4.68 Å². The van der Waals surface area contributed by atoms with Crippen molar-refractivity contribution in [3.8, 4) is 0 Å². The van der Waals surface area contributed by atoms with E-state index in [1.165, 1.54) is 56.2 Å². The molecule has 2 aliphatic rings. The molecule has 1 aromatic carbocycles. The zero-order valence-electron chi connectivity index (χ0n) is 17.6. The lowest BCUT2D eigenvalue weighted by atomic mass is 9.93. The largest absolute Gasteiger partial charge is 0.378 e. The van der Waals surface area contributed by atoms with Crippen molar-refractivity contribution in [2.45, 2.75) is 64.0 Å². The van der Waals surface area contributed by atoms with E-state index < -0.39 is 0 Å². The minimum Gasteiger partial charge on any atom is -0.378 e. The first-order chi connectivity index (χ1) is 13.6. The lowest BCUT2D eigenvalue weighted by molar-refractivity contribution is 0.146. The van der Waals surface area contributed by atoms with Crippen molar-refractivity contribution in [1.29, 1.82) is 0 Å². The zero-order chi connectivity index (χ0) is 19.5. The topological polar surface area (TPSA) is 50.1 Å². The summed E-state index contributed by atoms with van der Waals surface area (Å²) in [5, 5.41) is 13.2. The van der Waals surface area contributed by atoms with Crippen LogP contribution < -0.4 is 4.90 Å². The summed E-state index contributed by atoms with van der Waals surface area (Å²) < 4.78 is 2.15. The second-order valence-electron chi connectivity index (χ2n) is 8.88. The monoisotopic (exact) mass is 382 g/mol.